The van der Waals surface area contributed by atoms with Crippen molar-refractivity contribution in [1.82, 2.24) is 0 Å². The Hall–Kier alpha value is -0.460. The molecule has 72 valence electrons. The summed E-state index contributed by atoms with van der Waals surface area (Å²) in [7, 11) is 0. The Bertz CT molecular complexity index is 140. The molecule has 0 aromatic rings. The third-order valence-electron chi connectivity index (χ3n) is 1.81. The largest absolute Gasteiger partial charge is 0.498 e. The van der Waals surface area contributed by atoms with Gasteiger partial charge in [-0.3, -0.25) is 0 Å². The zero-order valence-corrected chi connectivity index (χ0v) is 9.11. The van der Waals surface area contributed by atoms with Crippen molar-refractivity contribution < 1.29 is 4.74 Å². The molecule has 0 saturated heterocycles. The van der Waals surface area contributed by atoms with Crippen LogP contribution >= 0.6 is 0 Å². The second kappa shape index (κ2) is 5.23. The van der Waals surface area contributed by atoms with Crippen molar-refractivity contribution >= 4 is 0 Å². The molecule has 0 aromatic carbocycles. The molecule has 0 fully saturated rings. The molecule has 0 rings (SSSR count). The lowest BCUT2D eigenvalue weighted by atomic mass is 9.93. The second-order valence-electron chi connectivity index (χ2n) is 4.27. The zero-order valence-electron chi connectivity index (χ0n) is 9.11. The van der Waals surface area contributed by atoms with Crippen LogP contribution in [0.4, 0.5) is 0 Å². The number of allylic oxidation sites excluding steroid dienone is 2. The van der Waals surface area contributed by atoms with Gasteiger partial charge in [0, 0.05) is 6.42 Å². The molecule has 0 spiro atoms. The molecule has 0 heterocycles. The van der Waals surface area contributed by atoms with Crippen LogP contribution in [0.1, 0.15) is 47.5 Å². The minimum absolute atomic E-state index is 0.382. The number of ether oxygens (including phenoxy) is 1. The Morgan fingerprint density at radius 1 is 1.33 bits per heavy atom. The maximum absolute atomic E-state index is 5.58. The maximum atomic E-state index is 5.58. The first-order valence-corrected chi connectivity index (χ1v) is 4.77. The van der Waals surface area contributed by atoms with Crippen molar-refractivity contribution in [2.24, 2.45) is 5.41 Å². The fraction of sp³-hybridized carbons (Fsp3) is 0.818. The molecule has 0 aromatic heterocycles. The van der Waals surface area contributed by atoms with Crippen LogP contribution in [-0.2, 0) is 4.74 Å². The third-order valence-corrected chi connectivity index (χ3v) is 1.81. The van der Waals surface area contributed by atoms with E-state index in [1.165, 1.54) is 0 Å². The molecule has 12 heavy (non-hydrogen) atoms. The normalized spacial score (nSPS) is 13.2. The molecule has 0 radical (unpaired) electrons. The van der Waals surface area contributed by atoms with Gasteiger partial charge in [0.15, 0.2) is 0 Å². The van der Waals surface area contributed by atoms with E-state index in [-0.39, 0.29) is 0 Å². The molecule has 0 aliphatic rings. The van der Waals surface area contributed by atoms with Crippen LogP contribution in [0.25, 0.3) is 0 Å². The quantitative estimate of drug-likeness (QED) is 0.584. The molecule has 0 aliphatic carbocycles. The van der Waals surface area contributed by atoms with Crippen molar-refractivity contribution in [3.05, 3.63) is 11.8 Å². The van der Waals surface area contributed by atoms with E-state index >= 15 is 0 Å². The van der Waals surface area contributed by atoms with Gasteiger partial charge in [-0.15, -0.1) is 0 Å². The van der Waals surface area contributed by atoms with Crippen molar-refractivity contribution in [2.75, 3.05) is 6.61 Å². The average Bonchev–Trinajstić information content (AvgIpc) is 1.96. The summed E-state index contributed by atoms with van der Waals surface area (Å²) in [5, 5.41) is 0. The highest BCUT2D eigenvalue weighted by atomic mass is 16.5. The lowest BCUT2D eigenvalue weighted by Gasteiger charge is -2.18. The van der Waals surface area contributed by atoms with E-state index in [1.54, 1.807) is 0 Å². The third kappa shape index (κ3) is 6.26. The van der Waals surface area contributed by atoms with Crippen LogP contribution in [0.5, 0.6) is 0 Å². The van der Waals surface area contributed by atoms with Gasteiger partial charge in [0.2, 0.25) is 0 Å². The zero-order chi connectivity index (χ0) is 9.61. The van der Waals surface area contributed by atoms with E-state index in [1.807, 2.05) is 13.0 Å². The van der Waals surface area contributed by atoms with E-state index in [0.29, 0.717) is 5.41 Å². The number of hydrogen-bond acceptors (Lipinski definition) is 1. The molecule has 0 bridgehead atoms. The Balaban J connectivity index is 3.56. The van der Waals surface area contributed by atoms with Gasteiger partial charge in [0.25, 0.3) is 0 Å². The van der Waals surface area contributed by atoms with E-state index in [2.05, 4.69) is 27.7 Å². The Labute approximate surface area is 76.8 Å². The predicted octanol–water partition coefficient (Wildman–Crippen LogP) is 3.75. The van der Waals surface area contributed by atoms with Crippen LogP contribution < -0.4 is 0 Å². The lowest BCUT2D eigenvalue weighted by molar-refractivity contribution is 0.165. The van der Waals surface area contributed by atoms with Crippen LogP contribution in [0.2, 0.25) is 0 Å². The van der Waals surface area contributed by atoms with Crippen molar-refractivity contribution in [3.8, 4) is 0 Å². The molecule has 0 atom stereocenters. The van der Waals surface area contributed by atoms with E-state index in [4.69, 9.17) is 4.74 Å². The average molecular weight is 170 g/mol. The first-order chi connectivity index (χ1) is 5.49. The molecule has 0 unspecified atom stereocenters. The van der Waals surface area contributed by atoms with E-state index < -0.39 is 0 Å². The van der Waals surface area contributed by atoms with Crippen molar-refractivity contribution in [1.29, 1.82) is 0 Å². The van der Waals surface area contributed by atoms with Gasteiger partial charge in [0.05, 0.1) is 12.4 Å². The first kappa shape index (κ1) is 11.5. The molecule has 0 saturated carbocycles. The van der Waals surface area contributed by atoms with Crippen molar-refractivity contribution in [2.45, 2.75) is 47.5 Å². The Kier molecular flexibility index (Phi) is 5.03. The van der Waals surface area contributed by atoms with Gasteiger partial charge in [-0.25, -0.2) is 0 Å². The summed E-state index contributed by atoms with van der Waals surface area (Å²) >= 11 is 0. The Morgan fingerprint density at radius 2 is 1.92 bits per heavy atom. The summed E-state index contributed by atoms with van der Waals surface area (Å²) in [5.74, 6) is 1.11. The Morgan fingerprint density at radius 3 is 2.25 bits per heavy atom. The fourth-order valence-electron chi connectivity index (χ4n) is 0.878. The molecule has 1 heteroatoms. The van der Waals surface area contributed by atoms with Crippen LogP contribution in [0, 0.1) is 5.41 Å². The van der Waals surface area contributed by atoms with Gasteiger partial charge in [-0.2, -0.15) is 0 Å². The van der Waals surface area contributed by atoms with Gasteiger partial charge in [-0.05, 0) is 24.8 Å². The summed E-state index contributed by atoms with van der Waals surface area (Å²) in [4.78, 5) is 0. The van der Waals surface area contributed by atoms with Crippen LogP contribution in [0.15, 0.2) is 11.8 Å². The SMILES string of the molecule is CC=C(CC)OCCC(C)(C)C. The van der Waals surface area contributed by atoms with E-state index in [9.17, 15) is 0 Å². The van der Waals surface area contributed by atoms with Crippen LogP contribution in [0.3, 0.4) is 0 Å². The second-order valence-corrected chi connectivity index (χ2v) is 4.27. The first-order valence-electron chi connectivity index (χ1n) is 4.77. The monoisotopic (exact) mass is 170 g/mol. The highest BCUT2D eigenvalue weighted by Gasteiger charge is 2.09. The van der Waals surface area contributed by atoms with Gasteiger partial charge in [0.1, 0.15) is 0 Å². The highest BCUT2D eigenvalue weighted by molar-refractivity contribution is 4.88. The molecule has 0 N–H and O–H groups in total. The molecular weight excluding hydrogens is 148 g/mol. The molecule has 0 amide bonds. The van der Waals surface area contributed by atoms with Gasteiger partial charge >= 0.3 is 0 Å². The molecular formula is C11H22O. The summed E-state index contributed by atoms with van der Waals surface area (Å²) in [6, 6.07) is 0. The standard InChI is InChI=1S/C11H22O/c1-6-10(7-2)12-9-8-11(3,4)5/h6H,7-9H2,1-5H3. The molecule has 1 nitrogen and oxygen atoms in total. The number of hydrogen-bond donors (Lipinski definition) is 0. The lowest BCUT2D eigenvalue weighted by Crippen LogP contribution is -2.09. The minimum atomic E-state index is 0.382. The molecule has 0 aliphatic heterocycles. The fourth-order valence-corrected chi connectivity index (χ4v) is 0.878. The topological polar surface area (TPSA) is 9.23 Å². The smallest absolute Gasteiger partial charge is 0.0914 e. The summed E-state index contributed by atoms with van der Waals surface area (Å²) in [5.41, 5.74) is 0.382. The highest BCUT2D eigenvalue weighted by Crippen LogP contribution is 2.19. The van der Waals surface area contributed by atoms with Gasteiger partial charge < -0.3 is 4.74 Å². The van der Waals surface area contributed by atoms with Crippen molar-refractivity contribution in [3.63, 3.8) is 0 Å². The van der Waals surface area contributed by atoms with E-state index in [0.717, 1.165) is 25.2 Å². The number of rotatable bonds is 4. The van der Waals surface area contributed by atoms with Gasteiger partial charge in [-0.1, -0.05) is 27.7 Å². The summed E-state index contributed by atoms with van der Waals surface area (Å²) in [6.07, 6.45) is 4.16. The summed E-state index contributed by atoms with van der Waals surface area (Å²) in [6.45, 7) is 11.7. The van der Waals surface area contributed by atoms with Crippen LogP contribution in [-0.4, -0.2) is 6.61 Å². The summed E-state index contributed by atoms with van der Waals surface area (Å²) < 4.78 is 5.58. The predicted molar refractivity (Wildman–Crippen MR) is 54.1 cm³/mol. The maximum Gasteiger partial charge on any atom is 0.0914 e. The minimum Gasteiger partial charge on any atom is -0.498 e.